The van der Waals surface area contributed by atoms with Gasteiger partial charge in [0.15, 0.2) is 0 Å². The molecule has 1 aromatic rings. The minimum absolute atomic E-state index is 0.0993. The van der Waals surface area contributed by atoms with E-state index >= 15 is 0 Å². The van der Waals surface area contributed by atoms with Crippen molar-refractivity contribution in [1.29, 1.82) is 0 Å². The summed E-state index contributed by atoms with van der Waals surface area (Å²) in [6.45, 7) is 4.08. The molecule has 1 aliphatic heterocycles. The first-order valence-corrected chi connectivity index (χ1v) is 11.1. The van der Waals surface area contributed by atoms with Crippen LogP contribution in [0.15, 0.2) is 18.5 Å². The van der Waals surface area contributed by atoms with Crippen molar-refractivity contribution in [2.24, 2.45) is 17.6 Å². The van der Waals surface area contributed by atoms with Crippen LogP contribution >= 0.6 is 31.9 Å². The Morgan fingerprint density at radius 2 is 1.63 bits per heavy atom. The van der Waals surface area contributed by atoms with Gasteiger partial charge < -0.3 is 16.0 Å². The van der Waals surface area contributed by atoms with Crippen LogP contribution in [0.25, 0.3) is 0 Å². The van der Waals surface area contributed by atoms with E-state index in [1.807, 2.05) is 13.8 Å². The van der Waals surface area contributed by atoms with Gasteiger partial charge in [0.25, 0.3) is 11.1 Å². The minimum Gasteiger partial charge on any atom is -0.368 e. The van der Waals surface area contributed by atoms with Crippen LogP contribution < -0.4 is 22.2 Å². The number of aromatic nitrogens is 2. The largest absolute Gasteiger partial charge is 0.368 e. The molecule has 2 rings (SSSR count). The van der Waals surface area contributed by atoms with Crippen molar-refractivity contribution in [3.05, 3.63) is 29.7 Å². The number of carbonyl (C=O) groups excluding carboxylic acids is 3. The van der Waals surface area contributed by atoms with Crippen LogP contribution in [0.2, 0.25) is 0 Å². The molecule has 0 saturated heterocycles. The highest BCUT2D eigenvalue weighted by atomic mass is 79.9. The molecule has 1 aromatic heterocycles. The number of halogens is 2. The monoisotopic (exact) mass is 549 g/mol. The Morgan fingerprint density at radius 3 is 2.07 bits per heavy atom. The first kappa shape index (κ1) is 24.3. The maximum Gasteiger partial charge on any atom is 0.280 e. The van der Waals surface area contributed by atoms with E-state index in [-0.39, 0.29) is 63.9 Å². The van der Waals surface area contributed by atoms with Crippen LogP contribution in [0.1, 0.15) is 26.7 Å². The van der Waals surface area contributed by atoms with Gasteiger partial charge in [-0.15, -0.1) is 0 Å². The summed E-state index contributed by atoms with van der Waals surface area (Å²) in [4.78, 5) is 62.2. The summed E-state index contributed by atoms with van der Waals surface area (Å²) >= 11 is 6.17. The molecule has 0 aliphatic carbocycles. The first-order valence-electron chi connectivity index (χ1n) is 9.48. The van der Waals surface area contributed by atoms with Crippen molar-refractivity contribution in [2.45, 2.75) is 45.8 Å². The minimum atomic E-state index is -0.681. The summed E-state index contributed by atoms with van der Waals surface area (Å²) in [6.07, 6.45) is 0.534. The molecule has 12 heteroatoms. The molecular weight excluding hydrogens is 526 g/mol. The number of primary amides is 1. The van der Waals surface area contributed by atoms with Gasteiger partial charge in [0.1, 0.15) is 15.0 Å². The van der Waals surface area contributed by atoms with E-state index in [0.717, 1.165) is 0 Å². The fourth-order valence-corrected chi connectivity index (χ4v) is 4.28. The Balaban J connectivity index is 1.88. The summed E-state index contributed by atoms with van der Waals surface area (Å²) in [5, 5.41) is 2.74. The van der Waals surface area contributed by atoms with Gasteiger partial charge in [0.05, 0.1) is 19.0 Å². The highest BCUT2D eigenvalue weighted by Crippen LogP contribution is 2.18. The topological polar surface area (TPSA) is 136 Å². The van der Waals surface area contributed by atoms with Crippen molar-refractivity contribution < 1.29 is 14.4 Å². The summed E-state index contributed by atoms with van der Waals surface area (Å²) < 4.78 is 2.75. The maximum atomic E-state index is 12.4. The highest BCUT2D eigenvalue weighted by Gasteiger charge is 2.31. The van der Waals surface area contributed by atoms with Gasteiger partial charge in [-0.2, -0.15) is 0 Å². The lowest BCUT2D eigenvalue weighted by Crippen LogP contribution is -2.48. The lowest BCUT2D eigenvalue weighted by Gasteiger charge is -2.28. The molecule has 0 fully saturated rings. The number of carbonyl (C=O) groups is 3. The second-order valence-corrected chi connectivity index (χ2v) is 9.18. The highest BCUT2D eigenvalue weighted by molar-refractivity contribution is 9.13. The Hall–Kier alpha value is -1.95. The molecule has 0 aromatic carbocycles. The number of hydrogen-bond donors (Lipinski definition) is 2. The van der Waals surface area contributed by atoms with Crippen LogP contribution in [0.4, 0.5) is 0 Å². The van der Waals surface area contributed by atoms with Crippen molar-refractivity contribution in [1.82, 2.24) is 19.6 Å². The van der Waals surface area contributed by atoms with E-state index < -0.39 is 17.9 Å². The Labute approximate surface area is 190 Å². The molecule has 30 heavy (non-hydrogen) atoms. The number of nitrogens with one attached hydrogen (secondary N) is 1. The van der Waals surface area contributed by atoms with Gasteiger partial charge in [-0.25, -0.2) is 9.36 Å². The average molecular weight is 551 g/mol. The van der Waals surface area contributed by atoms with E-state index in [9.17, 15) is 24.0 Å². The van der Waals surface area contributed by atoms with Crippen molar-refractivity contribution in [2.75, 3.05) is 13.6 Å². The average Bonchev–Trinajstić information content (AvgIpc) is 3.12. The molecule has 1 atom stereocenters. The van der Waals surface area contributed by atoms with Crippen molar-refractivity contribution in [3.63, 3.8) is 0 Å². The second-order valence-electron chi connectivity index (χ2n) is 7.59. The quantitative estimate of drug-likeness (QED) is 0.440. The van der Waals surface area contributed by atoms with Crippen LogP contribution in [0.5, 0.6) is 0 Å². The van der Waals surface area contributed by atoms with Crippen molar-refractivity contribution in [3.8, 4) is 0 Å². The number of hydrogen-bond acceptors (Lipinski definition) is 5. The molecule has 0 spiro atoms. The zero-order chi connectivity index (χ0) is 22.7. The Morgan fingerprint density at radius 1 is 1.13 bits per heavy atom. The van der Waals surface area contributed by atoms with Gasteiger partial charge in [0.2, 0.25) is 17.7 Å². The van der Waals surface area contributed by atoms with Crippen LogP contribution in [-0.4, -0.2) is 51.6 Å². The molecule has 1 aliphatic rings. The summed E-state index contributed by atoms with van der Waals surface area (Å²) in [5.74, 6) is -1.75. The molecule has 166 valence electrons. The van der Waals surface area contributed by atoms with Gasteiger partial charge in [0, 0.05) is 20.0 Å². The summed E-state index contributed by atoms with van der Waals surface area (Å²) in [6, 6.07) is -0.681. The fraction of sp³-hybridized carbons (Fsp3) is 0.611. The van der Waals surface area contributed by atoms with Gasteiger partial charge in [-0.3, -0.25) is 24.0 Å². The predicted octanol–water partition coefficient (Wildman–Crippen LogP) is 0.0295. The van der Waals surface area contributed by atoms with Crippen LogP contribution in [-0.2, 0) is 27.5 Å². The third kappa shape index (κ3) is 5.02. The van der Waals surface area contributed by atoms with Gasteiger partial charge in [-0.1, -0.05) is 13.8 Å². The van der Waals surface area contributed by atoms with E-state index in [1.54, 1.807) is 0 Å². The van der Waals surface area contributed by atoms with E-state index in [4.69, 9.17) is 5.73 Å². The molecule has 2 heterocycles. The molecule has 0 unspecified atom stereocenters. The van der Waals surface area contributed by atoms with Crippen molar-refractivity contribution >= 4 is 49.6 Å². The van der Waals surface area contributed by atoms with Crippen LogP contribution in [0, 0.1) is 11.8 Å². The molecule has 0 bridgehead atoms. The molecule has 0 radical (unpaired) electrons. The fourth-order valence-electron chi connectivity index (χ4n) is 3.53. The third-order valence-electron chi connectivity index (χ3n) is 5.09. The third-order valence-corrected chi connectivity index (χ3v) is 7.09. The zero-order valence-corrected chi connectivity index (χ0v) is 20.2. The SMILES string of the molecule is CC(C)[C@@H](C(N)=O)N(C)C(=O)CCCNC(=O)C1Cn2c(=O)c(Br)c(Br)c(=O)n2C1. The second kappa shape index (κ2) is 9.90. The number of nitrogens with zero attached hydrogens (tertiary/aromatic N) is 3. The standard InChI is InChI=1S/C18H25Br2N5O5/c1-9(2)14(15(21)27)23(3)11(26)5-4-6-22-16(28)10-7-24-17(29)12(19)13(20)18(30)25(24)8-10/h9-10,14H,4-8H2,1-3H3,(H2,21,27)(H,22,28)/t14-/m0/s1. The Bertz CT molecular complexity index is 926. The summed E-state index contributed by atoms with van der Waals surface area (Å²) in [5.41, 5.74) is 4.59. The normalized spacial score (nSPS) is 14.5. The molecule has 10 nitrogen and oxygen atoms in total. The maximum absolute atomic E-state index is 12.4. The lowest BCUT2D eigenvalue weighted by atomic mass is 10.0. The number of likely N-dealkylation sites (N-methyl/N-ethyl adjacent to an activating group) is 1. The molecule has 3 N–H and O–H groups in total. The van der Waals surface area contributed by atoms with Gasteiger partial charge >= 0.3 is 0 Å². The van der Waals surface area contributed by atoms with E-state index in [0.29, 0.717) is 6.42 Å². The van der Waals surface area contributed by atoms with E-state index in [2.05, 4.69) is 37.2 Å². The molecule has 3 amide bonds. The number of amides is 3. The summed E-state index contributed by atoms with van der Waals surface area (Å²) in [7, 11) is 1.54. The number of rotatable bonds is 8. The number of fused-ring (bicyclic) bond motifs is 1. The predicted molar refractivity (Wildman–Crippen MR) is 117 cm³/mol. The lowest BCUT2D eigenvalue weighted by molar-refractivity contribution is -0.139. The Kier molecular flexibility index (Phi) is 8.03. The van der Waals surface area contributed by atoms with Gasteiger partial charge in [-0.05, 0) is 44.2 Å². The van der Waals surface area contributed by atoms with E-state index in [1.165, 1.54) is 21.3 Å². The molecule has 0 saturated carbocycles. The number of nitrogens with two attached hydrogens (primary N) is 1. The molecular formula is C18H25Br2N5O5. The smallest absolute Gasteiger partial charge is 0.280 e. The first-order chi connectivity index (χ1) is 14.0. The zero-order valence-electron chi connectivity index (χ0n) is 17.0. The van der Waals surface area contributed by atoms with Crippen LogP contribution in [0.3, 0.4) is 0 Å².